The molecule has 32 heavy (non-hydrogen) atoms. The molecule has 4 rings (SSSR count). The average molecular weight is 450 g/mol. The van der Waals surface area contributed by atoms with Crippen molar-refractivity contribution < 1.29 is 9.53 Å². The number of amides is 1. The third-order valence-electron chi connectivity index (χ3n) is 5.77. The van der Waals surface area contributed by atoms with Crippen molar-refractivity contribution in [2.45, 2.75) is 38.3 Å². The topological polar surface area (TPSA) is 53.6 Å². The Bertz CT molecular complexity index is 953. The molecule has 6 heteroatoms. The van der Waals surface area contributed by atoms with Crippen molar-refractivity contribution >= 4 is 28.6 Å². The molecule has 0 aliphatic carbocycles. The van der Waals surface area contributed by atoms with Crippen LogP contribution >= 0.6 is 11.3 Å². The fourth-order valence-electron chi connectivity index (χ4n) is 4.15. The number of rotatable bonds is 9. The molecule has 2 N–H and O–H groups in total. The van der Waals surface area contributed by atoms with Crippen LogP contribution < -0.4 is 20.3 Å². The predicted molar refractivity (Wildman–Crippen MR) is 133 cm³/mol. The molecular formula is C26H31N3O2S. The fourth-order valence-corrected chi connectivity index (χ4v) is 4.83. The van der Waals surface area contributed by atoms with E-state index in [9.17, 15) is 4.79 Å². The summed E-state index contributed by atoms with van der Waals surface area (Å²) in [5.41, 5.74) is 3.41. The maximum absolute atomic E-state index is 12.1. The van der Waals surface area contributed by atoms with Gasteiger partial charge in [0, 0.05) is 36.5 Å². The zero-order chi connectivity index (χ0) is 22.2. The first-order valence-corrected chi connectivity index (χ1v) is 12.2. The van der Waals surface area contributed by atoms with E-state index < -0.39 is 0 Å². The monoisotopic (exact) mass is 449 g/mol. The van der Waals surface area contributed by atoms with Crippen molar-refractivity contribution in [2.75, 3.05) is 29.9 Å². The summed E-state index contributed by atoms with van der Waals surface area (Å²) in [4.78, 5) is 14.6. The van der Waals surface area contributed by atoms with E-state index in [0.717, 1.165) is 38.0 Å². The molecule has 5 nitrogen and oxygen atoms in total. The first kappa shape index (κ1) is 22.4. The Morgan fingerprint density at radius 1 is 1.09 bits per heavy atom. The highest BCUT2D eigenvalue weighted by atomic mass is 32.1. The van der Waals surface area contributed by atoms with Crippen molar-refractivity contribution in [3.05, 3.63) is 77.0 Å². The maximum atomic E-state index is 12.1. The summed E-state index contributed by atoms with van der Waals surface area (Å²) in [7, 11) is 0. The van der Waals surface area contributed by atoms with Gasteiger partial charge in [0.15, 0.2) is 6.61 Å². The smallest absolute Gasteiger partial charge is 0.262 e. The van der Waals surface area contributed by atoms with Gasteiger partial charge in [-0.15, -0.1) is 0 Å². The Hall–Kier alpha value is -2.83. The normalized spacial score (nSPS) is 15.3. The molecule has 0 bridgehead atoms. The summed E-state index contributed by atoms with van der Waals surface area (Å²) in [6.45, 7) is 4.36. The van der Waals surface area contributed by atoms with E-state index in [0.29, 0.717) is 17.8 Å². The predicted octanol–water partition coefficient (Wildman–Crippen LogP) is 4.96. The van der Waals surface area contributed by atoms with Gasteiger partial charge in [-0.3, -0.25) is 4.79 Å². The minimum absolute atomic E-state index is 0.00287. The summed E-state index contributed by atoms with van der Waals surface area (Å²) in [5, 5.41) is 11.1. The van der Waals surface area contributed by atoms with E-state index in [2.05, 4.69) is 51.4 Å². The highest BCUT2D eigenvalue weighted by Crippen LogP contribution is 2.23. The van der Waals surface area contributed by atoms with Crippen molar-refractivity contribution in [1.82, 2.24) is 5.32 Å². The lowest BCUT2D eigenvalue weighted by Gasteiger charge is -2.35. The molecule has 1 saturated heterocycles. The Balaban J connectivity index is 1.19. The third-order valence-corrected chi connectivity index (χ3v) is 6.50. The second kappa shape index (κ2) is 11.2. The molecule has 0 spiro atoms. The zero-order valence-electron chi connectivity index (χ0n) is 18.5. The van der Waals surface area contributed by atoms with E-state index in [-0.39, 0.29) is 12.5 Å². The lowest BCUT2D eigenvalue weighted by Crippen LogP contribution is -2.46. The molecule has 2 heterocycles. The number of anilines is 2. The summed E-state index contributed by atoms with van der Waals surface area (Å²) in [5.74, 6) is 0.529. The minimum Gasteiger partial charge on any atom is -0.484 e. The molecule has 0 unspecified atom stereocenters. The molecule has 0 radical (unpaired) electrons. The largest absolute Gasteiger partial charge is 0.484 e. The first-order chi connectivity index (χ1) is 15.7. The number of nitrogens with zero attached hydrogens (tertiary/aromatic N) is 1. The SMILES string of the molecule is C[C@@H](Cc1ccsc1)NC1CCN(c2ccc(NC(=O)COc3ccccc3)cc2)CC1. The number of hydrogen-bond donors (Lipinski definition) is 2. The van der Waals surface area contributed by atoms with Gasteiger partial charge in [-0.25, -0.2) is 0 Å². The van der Waals surface area contributed by atoms with E-state index >= 15 is 0 Å². The summed E-state index contributed by atoms with van der Waals surface area (Å²) < 4.78 is 5.50. The van der Waals surface area contributed by atoms with Crippen LogP contribution in [0.15, 0.2) is 71.4 Å². The van der Waals surface area contributed by atoms with Gasteiger partial charge in [-0.2, -0.15) is 11.3 Å². The molecule has 1 atom stereocenters. The molecule has 1 aliphatic heterocycles. The van der Waals surface area contributed by atoms with Gasteiger partial charge in [0.2, 0.25) is 0 Å². The van der Waals surface area contributed by atoms with Gasteiger partial charge in [0.25, 0.3) is 5.91 Å². The highest BCUT2D eigenvalue weighted by Gasteiger charge is 2.21. The van der Waals surface area contributed by atoms with E-state index in [1.54, 1.807) is 11.3 Å². The molecule has 2 aromatic carbocycles. The number of thiophene rings is 1. The number of carbonyl (C=O) groups is 1. The summed E-state index contributed by atoms with van der Waals surface area (Å²) in [6, 6.07) is 20.7. The van der Waals surface area contributed by atoms with E-state index in [1.807, 2.05) is 42.5 Å². The molecule has 3 aromatic rings. The number of benzene rings is 2. The Morgan fingerprint density at radius 2 is 1.84 bits per heavy atom. The zero-order valence-corrected chi connectivity index (χ0v) is 19.3. The van der Waals surface area contributed by atoms with Crippen LogP contribution in [0.5, 0.6) is 5.75 Å². The Labute approximate surface area is 194 Å². The molecule has 0 saturated carbocycles. The van der Waals surface area contributed by atoms with Crippen LogP contribution in [0.2, 0.25) is 0 Å². The third kappa shape index (κ3) is 6.58. The highest BCUT2D eigenvalue weighted by molar-refractivity contribution is 7.07. The standard InChI is InChI=1S/C26H31N3O2S/c1-20(17-21-13-16-32-19-21)27-23-11-14-29(15-12-23)24-9-7-22(8-10-24)28-26(30)18-31-25-5-3-2-4-6-25/h2-10,13,16,19-20,23,27H,11-12,14-15,17-18H2,1H3,(H,28,30)/t20-/m0/s1. The van der Waals surface area contributed by atoms with Gasteiger partial charge in [-0.05, 0) is 85.0 Å². The summed E-state index contributed by atoms with van der Waals surface area (Å²) in [6.07, 6.45) is 3.37. The number of hydrogen-bond acceptors (Lipinski definition) is 5. The number of para-hydroxylation sites is 1. The number of piperidine rings is 1. The Kier molecular flexibility index (Phi) is 7.80. The maximum Gasteiger partial charge on any atom is 0.262 e. The molecule has 1 aromatic heterocycles. The number of nitrogens with one attached hydrogen (secondary N) is 2. The number of carbonyl (C=O) groups excluding carboxylic acids is 1. The number of ether oxygens (including phenoxy) is 1. The van der Waals surface area contributed by atoms with Gasteiger partial charge in [-0.1, -0.05) is 18.2 Å². The second-order valence-electron chi connectivity index (χ2n) is 8.36. The van der Waals surface area contributed by atoms with Crippen LogP contribution in [-0.2, 0) is 11.2 Å². The van der Waals surface area contributed by atoms with E-state index in [1.165, 1.54) is 11.3 Å². The quantitative estimate of drug-likeness (QED) is 0.485. The minimum atomic E-state index is -0.162. The van der Waals surface area contributed by atoms with Gasteiger partial charge in [0.1, 0.15) is 5.75 Å². The van der Waals surface area contributed by atoms with Gasteiger partial charge in [0.05, 0.1) is 0 Å². The van der Waals surface area contributed by atoms with Crippen LogP contribution in [0.3, 0.4) is 0 Å². The lowest BCUT2D eigenvalue weighted by atomic mass is 10.0. The molecule has 1 amide bonds. The van der Waals surface area contributed by atoms with Gasteiger partial charge < -0.3 is 20.3 Å². The van der Waals surface area contributed by atoms with Crippen LogP contribution in [0.4, 0.5) is 11.4 Å². The van der Waals surface area contributed by atoms with Crippen LogP contribution in [0.1, 0.15) is 25.3 Å². The van der Waals surface area contributed by atoms with Crippen molar-refractivity contribution in [3.8, 4) is 5.75 Å². The molecule has 168 valence electrons. The molecule has 1 fully saturated rings. The summed E-state index contributed by atoms with van der Waals surface area (Å²) >= 11 is 1.77. The Morgan fingerprint density at radius 3 is 2.53 bits per heavy atom. The fraction of sp³-hybridized carbons (Fsp3) is 0.346. The van der Waals surface area contributed by atoms with Crippen LogP contribution in [0.25, 0.3) is 0 Å². The first-order valence-electron chi connectivity index (χ1n) is 11.3. The molecule has 1 aliphatic rings. The van der Waals surface area contributed by atoms with Crippen molar-refractivity contribution in [3.63, 3.8) is 0 Å². The average Bonchev–Trinajstić information content (AvgIpc) is 3.32. The second-order valence-corrected chi connectivity index (χ2v) is 9.14. The van der Waals surface area contributed by atoms with E-state index in [4.69, 9.17) is 4.74 Å². The van der Waals surface area contributed by atoms with Crippen LogP contribution in [-0.4, -0.2) is 37.7 Å². The lowest BCUT2D eigenvalue weighted by molar-refractivity contribution is -0.118. The van der Waals surface area contributed by atoms with Crippen LogP contribution in [0, 0.1) is 0 Å². The van der Waals surface area contributed by atoms with Crippen molar-refractivity contribution in [1.29, 1.82) is 0 Å². The molecular weight excluding hydrogens is 418 g/mol. The van der Waals surface area contributed by atoms with Crippen molar-refractivity contribution in [2.24, 2.45) is 0 Å². The van der Waals surface area contributed by atoms with Gasteiger partial charge >= 0.3 is 0 Å².